The zero-order chi connectivity index (χ0) is 11.5. The van der Waals surface area contributed by atoms with Gasteiger partial charge in [-0.15, -0.1) is 5.10 Å². The Bertz CT molecular complexity index is 496. The van der Waals surface area contributed by atoms with Crippen LogP contribution in [0, 0.1) is 6.92 Å². The van der Waals surface area contributed by atoms with Crippen molar-refractivity contribution in [3.05, 3.63) is 40.1 Å². The molecule has 0 radical (unpaired) electrons. The smallest absolute Gasteiger partial charge is 0.0854 e. The van der Waals surface area contributed by atoms with Crippen LogP contribution < -0.4 is 0 Å². The molecule has 16 heavy (non-hydrogen) atoms. The molecule has 0 aliphatic carbocycles. The predicted molar refractivity (Wildman–Crippen MR) is 64.6 cm³/mol. The number of hydrogen-bond acceptors (Lipinski definition) is 3. The molecular formula is C11H12BrN3O. The van der Waals surface area contributed by atoms with Crippen molar-refractivity contribution >= 4 is 15.9 Å². The van der Waals surface area contributed by atoms with Gasteiger partial charge in [-0.2, -0.15) is 0 Å². The number of aliphatic hydroxyl groups excluding tert-OH is 1. The summed E-state index contributed by atoms with van der Waals surface area (Å²) >= 11 is 3.45. The molecule has 1 N–H and O–H groups in total. The third kappa shape index (κ3) is 2.31. The van der Waals surface area contributed by atoms with Crippen LogP contribution in [0.15, 0.2) is 28.9 Å². The molecule has 2 rings (SSSR count). The van der Waals surface area contributed by atoms with Gasteiger partial charge in [0.2, 0.25) is 0 Å². The molecule has 0 saturated carbocycles. The first-order valence-corrected chi connectivity index (χ1v) is 5.78. The Morgan fingerprint density at radius 1 is 1.44 bits per heavy atom. The highest BCUT2D eigenvalue weighted by Crippen LogP contribution is 2.19. The molecule has 0 amide bonds. The lowest BCUT2D eigenvalue weighted by atomic mass is 10.2. The van der Waals surface area contributed by atoms with Crippen LogP contribution in [-0.4, -0.2) is 26.7 Å². The molecule has 0 atom stereocenters. The number of halogens is 1. The van der Waals surface area contributed by atoms with E-state index in [4.69, 9.17) is 5.11 Å². The third-order valence-corrected chi connectivity index (χ3v) is 3.20. The minimum atomic E-state index is 0.0953. The largest absolute Gasteiger partial charge is 0.396 e. The molecule has 0 bridgehead atoms. The quantitative estimate of drug-likeness (QED) is 0.935. The number of nitrogens with zero attached hydrogens (tertiary/aromatic N) is 3. The summed E-state index contributed by atoms with van der Waals surface area (Å²) in [6.45, 7) is 2.12. The topological polar surface area (TPSA) is 50.9 Å². The van der Waals surface area contributed by atoms with E-state index in [1.807, 2.05) is 31.3 Å². The third-order valence-electron chi connectivity index (χ3n) is 2.31. The van der Waals surface area contributed by atoms with E-state index < -0.39 is 0 Å². The van der Waals surface area contributed by atoms with Crippen LogP contribution >= 0.6 is 15.9 Å². The molecular weight excluding hydrogens is 270 g/mol. The average molecular weight is 282 g/mol. The molecule has 0 fully saturated rings. The van der Waals surface area contributed by atoms with Crippen LogP contribution in [0.5, 0.6) is 0 Å². The van der Waals surface area contributed by atoms with Crippen molar-refractivity contribution in [3.63, 3.8) is 0 Å². The fraction of sp³-hybridized carbons (Fsp3) is 0.273. The Balaban J connectivity index is 2.31. The van der Waals surface area contributed by atoms with Gasteiger partial charge in [-0.1, -0.05) is 21.1 Å². The van der Waals surface area contributed by atoms with Crippen molar-refractivity contribution < 1.29 is 5.11 Å². The first-order valence-electron chi connectivity index (χ1n) is 4.99. The van der Waals surface area contributed by atoms with Gasteiger partial charge in [-0.05, 0) is 30.7 Å². The van der Waals surface area contributed by atoms with Gasteiger partial charge in [0, 0.05) is 17.5 Å². The number of aliphatic hydroxyl groups is 1. The highest BCUT2D eigenvalue weighted by Gasteiger charge is 2.03. The zero-order valence-corrected chi connectivity index (χ0v) is 10.5. The van der Waals surface area contributed by atoms with E-state index in [1.54, 1.807) is 4.68 Å². The maximum Gasteiger partial charge on any atom is 0.0854 e. The summed E-state index contributed by atoms with van der Waals surface area (Å²) in [4.78, 5) is 0. The molecule has 0 aliphatic rings. The van der Waals surface area contributed by atoms with Gasteiger partial charge in [-0.25, -0.2) is 4.68 Å². The number of rotatable bonds is 3. The lowest BCUT2D eigenvalue weighted by Gasteiger charge is -2.02. The van der Waals surface area contributed by atoms with Crippen molar-refractivity contribution in [1.29, 1.82) is 0 Å². The summed E-state index contributed by atoms with van der Waals surface area (Å²) < 4.78 is 2.79. The van der Waals surface area contributed by atoms with E-state index in [9.17, 15) is 0 Å². The SMILES string of the molecule is Cc1cc(-n2cc(CCO)nn2)ccc1Br. The summed E-state index contributed by atoms with van der Waals surface area (Å²) in [7, 11) is 0. The number of hydrogen-bond donors (Lipinski definition) is 1. The molecule has 0 unspecified atom stereocenters. The van der Waals surface area contributed by atoms with E-state index in [-0.39, 0.29) is 6.61 Å². The minimum Gasteiger partial charge on any atom is -0.396 e. The molecule has 1 aromatic heterocycles. The van der Waals surface area contributed by atoms with E-state index in [2.05, 4.69) is 26.2 Å². The maximum absolute atomic E-state index is 8.80. The molecule has 0 saturated heterocycles. The predicted octanol–water partition coefficient (Wildman–Crippen LogP) is 1.87. The van der Waals surface area contributed by atoms with E-state index in [1.165, 1.54) is 0 Å². The van der Waals surface area contributed by atoms with E-state index >= 15 is 0 Å². The highest BCUT2D eigenvalue weighted by atomic mass is 79.9. The maximum atomic E-state index is 8.80. The van der Waals surface area contributed by atoms with Crippen molar-refractivity contribution in [1.82, 2.24) is 15.0 Å². The van der Waals surface area contributed by atoms with Gasteiger partial charge in [0.1, 0.15) is 0 Å². The van der Waals surface area contributed by atoms with Gasteiger partial charge in [-0.3, -0.25) is 0 Å². The number of aromatic nitrogens is 3. The van der Waals surface area contributed by atoms with Crippen LogP contribution in [0.3, 0.4) is 0 Å². The van der Waals surface area contributed by atoms with Crippen LogP contribution in [0.4, 0.5) is 0 Å². The van der Waals surface area contributed by atoms with Gasteiger partial charge >= 0.3 is 0 Å². The molecule has 2 aromatic rings. The fourth-order valence-electron chi connectivity index (χ4n) is 1.43. The van der Waals surface area contributed by atoms with Gasteiger partial charge < -0.3 is 5.11 Å². The Labute approximate surface area is 102 Å². The van der Waals surface area contributed by atoms with Crippen molar-refractivity contribution in [3.8, 4) is 5.69 Å². The Kier molecular flexibility index (Phi) is 3.36. The molecule has 0 aliphatic heterocycles. The van der Waals surface area contributed by atoms with E-state index in [0.29, 0.717) is 6.42 Å². The summed E-state index contributed by atoms with van der Waals surface area (Å²) in [5, 5.41) is 16.8. The highest BCUT2D eigenvalue weighted by molar-refractivity contribution is 9.10. The molecule has 1 aromatic carbocycles. The van der Waals surface area contributed by atoms with Crippen LogP contribution in [0.2, 0.25) is 0 Å². The molecule has 0 spiro atoms. The molecule has 4 nitrogen and oxygen atoms in total. The zero-order valence-electron chi connectivity index (χ0n) is 8.89. The lowest BCUT2D eigenvalue weighted by Crippen LogP contribution is -1.95. The summed E-state index contributed by atoms with van der Waals surface area (Å²) in [5.74, 6) is 0. The fourth-order valence-corrected chi connectivity index (χ4v) is 1.67. The van der Waals surface area contributed by atoms with Crippen molar-refractivity contribution in [2.75, 3.05) is 6.61 Å². The van der Waals surface area contributed by atoms with Gasteiger partial charge in [0.15, 0.2) is 0 Å². The monoisotopic (exact) mass is 281 g/mol. The number of benzene rings is 1. The van der Waals surface area contributed by atoms with Crippen LogP contribution in [0.1, 0.15) is 11.3 Å². The average Bonchev–Trinajstić information content (AvgIpc) is 2.71. The second kappa shape index (κ2) is 4.76. The van der Waals surface area contributed by atoms with Crippen LogP contribution in [-0.2, 0) is 6.42 Å². The Morgan fingerprint density at radius 3 is 2.94 bits per heavy atom. The number of aryl methyl sites for hydroxylation is 1. The Morgan fingerprint density at radius 2 is 2.25 bits per heavy atom. The minimum absolute atomic E-state index is 0.0953. The summed E-state index contributed by atoms with van der Waals surface area (Å²) in [6.07, 6.45) is 2.37. The molecule has 1 heterocycles. The first-order chi connectivity index (χ1) is 7.70. The summed E-state index contributed by atoms with van der Waals surface area (Å²) in [5.41, 5.74) is 2.91. The van der Waals surface area contributed by atoms with Crippen molar-refractivity contribution in [2.24, 2.45) is 0 Å². The second-order valence-electron chi connectivity index (χ2n) is 3.56. The summed E-state index contributed by atoms with van der Waals surface area (Å²) in [6, 6.07) is 5.98. The van der Waals surface area contributed by atoms with Gasteiger partial charge in [0.25, 0.3) is 0 Å². The second-order valence-corrected chi connectivity index (χ2v) is 4.42. The van der Waals surface area contributed by atoms with Gasteiger partial charge in [0.05, 0.1) is 17.6 Å². The standard InChI is InChI=1S/C11H12BrN3O/c1-8-6-10(2-3-11(8)12)15-7-9(4-5-16)13-14-15/h2-3,6-7,16H,4-5H2,1H3. The normalized spacial score (nSPS) is 10.7. The lowest BCUT2D eigenvalue weighted by molar-refractivity contribution is 0.298. The first kappa shape index (κ1) is 11.3. The van der Waals surface area contributed by atoms with Crippen LogP contribution in [0.25, 0.3) is 5.69 Å². The van der Waals surface area contributed by atoms with Crippen molar-refractivity contribution in [2.45, 2.75) is 13.3 Å². The Hall–Kier alpha value is -1.20. The molecule has 5 heteroatoms. The van der Waals surface area contributed by atoms with E-state index in [0.717, 1.165) is 21.4 Å². The molecule has 84 valence electrons.